The van der Waals surface area contributed by atoms with Crippen LogP contribution in [0.15, 0.2) is 18.2 Å². The monoisotopic (exact) mass is 271 g/mol. The van der Waals surface area contributed by atoms with Gasteiger partial charge in [-0.25, -0.2) is 8.78 Å². The van der Waals surface area contributed by atoms with Crippen molar-refractivity contribution in [3.8, 4) is 0 Å². The van der Waals surface area contributed by atoms with E-state index in [1.807, 2.05) is 18.7 Å². The summed E-state index contributed by atoms with van der Waals surface area (Å²) in [5.74, 6) is -0.335. The van der Waals surface area contributed by atoms with Crippen molar-refractivity contribution in [2.24, 2.45) is 0 Å². The molecule has 1 aliphatic rings. The molecule has 4 heteroatoms. The third-order valence-corrected chi connectivity index (χ3v) is 4.89. The Morgan fingerprint density at radius 2 is 2.11 bits per heavy atom. The maximum Gasteiger partial charge on any atom is 0.159 e. The number of benzene rings is 1. The second-order valence-electron chi connectivity index (χ2n) is 4.89. The van der Waals surface area contributed by atoms with Crippen LogP contribution in [-0.4, -0.2) is 17.0 Å². The van der Waals surface area contributed by atoms with Crippen LogP contribution in [-0.2, 0) is 0 Å². The predicted octanol–water partition coefficient (Wildman–Crippen LogP) is 3.90. The van der Waals surface area contributed by atoms with Crippen molar-refractivity contribution in [1.29, 1.82) is 0 Å². The number of rotatable bonds is 3. The number of halogens is 2. The molecule has 1 aromatic carbocycles. The minimum absolute atomic E-state index is 0.0475. The first-order valence-electron chi connectivity index (χ1n) is 6.40. The first-order valence-corrected chi connectivity index (χ1v) is 7.45. The second-order valence-corrected chi connectivity index (χ2v) is 6.37. The minimum Gasteiger partial charge on any atom is -0.306 e. The standard InChI is InChI=1S/C14H19F2NS/c1-9(11-5-6-12(15)13(16)8-11)17-14-4-3-7-18-10(14)2/h5-6,8-10,14,17H,3-4,7H2,1-2H3. The first kappa shape index (κ1) is 13.8. The number of hydrogen-bond donors (Lipinski definition) is 1. The van der Waals surface area contributed by atoms with Crippen molar-refractivity contribution in [2.75, 3.05) is 5.75 Å². The molecular weight excluding hydrogens is 252 g/mol. The fourth-order valence-electron chi connectivity index (χ4n) is 2.34. The summed E-state index contributed by atoms with van der Waals surface area (Å²) in [5.41, 5.74) is 0.802. The van der Waals surface area contributed by atoms with Crippen LogP contribution in [0.5, 0.6) is 0 Å². The molecule has 3 unspecified atom stereocenters. The highest BCUT2D eigenvalue weighted by atomic mass is 32.2. The molecule has 0 aliphatic carbocycles. The second kappa shape index (κ2) is 6.02. The Morgan fingerprint density at radius 1 is 1.33 bits per heavy atom. The minimum atomic E-state index is -0.785. The van der Waals surface area contributed by atoms with Crippen LogP contribution in [0.3, 0.4) is 0 Å². The summed E-state index contributed by atoms with van der Waals surface area (Å²) in [7, 11) is 0. The molecule has 1 heterocycles. The van der Waals surface area contributed by atoms with Crippen molar-refractivity contribution in [3.05, 3.63) is 35.4 Å². The summed E-state index contributed by atoms with van der Waals surface area (Å²) in [6.45, 7) is 4.22. The summed E-state index contributed by atoms with van der Waals surface area (Å²) >= 11 is 1.97. The molecule has 1 N–H and O–H groups in total. The van der Waals surface area contributed by atoms with Gasteiger partial charge in [0.1, 0.15) is 0 Å². The third-order valence-electron chi connectivity index (χ3n) is 3.51. The highest BCUT2D eigenvalue weighted by Gasteiger charge is 2.23. The largest absolute Gasteiger partial charge is 0.306 e. The van der Waals surface area contributed by atoms with Crippen LogP contribution in [0, 0.1) is 11.6 Å². The molecular formula is C14H19F2NS. The van der Waals surface area contributed by atoms with E-state index in [0.29, 0.717) is 11.3 Å². The maximum absolute atomic E-state index is 13.2. The van der Waals surface area contributed by atoms with Crippen LogP contribution < -0.4 is 5.32 Å². The Bertz CT molecular complexity index is 411. The van der Waals surface area contributed by atoms with Gasteiger partial charge in [-0.2, -0.15) is 11.8 Å². The maximum atomic E-state index is 13.2. The SMILES string of the molecule is CC(NC1CCCSC1C)c1ccc(F)c(F)c1. The molecule has 3 atom stereocenters. The molecule has 1 aliphatic heterocycles. The number of hydrogen-bond acceptors (Lipinski definition) is 2. The molecule has 1 fully saturated rings. The zero-order chi connectivity index (χ0) is 13.1. The lowest BCUT2D eigenvalue weighted by Gasteiger charge is -2.32. The predicted molar refractivity (Wildman–Crippen MR) is 72.9 cm³/mol. The lowest BCUT2D eigenvalue weighted by Crippen LogP contribution is -2.40. The van der Waals surface area contributed by atoms with Crippen LogP contribution in [0.1, 0.15) is 38.3 Å². The van der Waals surface area contributed by atoms with Gasteiger partial charge in [-0.3, -0.25) is 0 Å². The van der Waals surface area contributed by atoms with E-state index in [1.54, 1.807) is 6.07 Å². The Hall–Kier alpha value is -0.610. The van der Waals surface area contributed by atoms with Gasteiger partial charge in [-0.15, -0.1) is 0 Å². The van der Waals surface area contributed by atoms with Crippen molar-refractivity contribution < 1.29 is 8.78 Å². The lowest BCUT2D eigenvalue weighted by atomic mass is 10.0. The summed E-state index contributed by atoms with van der Waals surface area (Å²) < 4.78 is 26.1. The zero-order valence-corrected chi connectivity index (χ0v) is 11.6. The zero-order valence-electron chi connectivity index (χ0n) is 10.7. The van der Waals surface area contributed by atoms with E-state index in [9.17, 15) is 8.78 Å². The van der Waals surface area contributed by atoms with Gasteiger partial charge in [-0.05, 0) is 43.2 Å². The van der Waals surface area contributed by atoms with E-state index in [4.69, 9.17) is 0 Å². The van der Waals surface area contributed by atoms with E-state index in [1.165, 1.54) is 24.3 Å². The first-order chi connectivity index (χ1) is 8.58. The Balaban J connectivity index is 2.02. The van der Waals surface area contributed by atoms with Gasteiger partial charge in [0.05, 0.1) is 0 Å². The van der Waals surface area contributed by atoms with Crippen LogP contribution in [0.2, 0.25) is 0 Å². The molecule has 0 aromatic heterocycles. The van der Waals surface area contributed by atoms with Gasteiger partial charge in [0.15, 0.2) is 11.6 Å². The molecule has 1 aromatic rings. The van der Waals surface area contributed by atoms with Gasteiger partial charge in [-0.1, -0.05) is 13.0 Å². The Kier molecular flexibility index (Phi) is 4.62. The van der Waals surface area contributed by atoms with Crippen molar-refractivity contribution in [2.45, 2.75) is 44.0 Å². The van der Waals surface area contributed by atoms with Gasteiger partial charge >= 0.3 is 0 Å². The molecule has 0 saturated carbocycles. The van der Waals surface area contributed by atoms with Gasteiger partial charge in [0, 0.05) is 17.3 Å². The van der Waals surface area contributed by atoms with E-state index in [2.05, 4.69) is 12.2 Å². The smallest absolute Gasteiger partial charge is 0.159 e. The van der Waals surface area contributed by atoms with Crippen LogP contribution >= 0.6 is 11.8 Å². The average molecular weight is 271 g/mol. The van der Waals surface area contributed by atoms with Crippen LogP contribution in [0.25, 0.3) is 0 Å². The van der Waals surface area contributed by atoms with Crippen molar-refractivity contribution >= 4 is 11.8 Å². The molecule has 0 spiro atoms. The van der Waals surface area contributed by atoms with E-state index in [0.717, 1.165) is 12.0 Å². The molecule has 100 valence electrons. The summed E-state index contributed by atoms with van der Waals surface area (Å²) in [5, 5.41) is 4.10. The molecule has 0 radical (unpaired) electrons. The van der Waals surface area contributed by atoms with E-state index < -0.39 is 11.6 Å². The van der Waals surface area contributed by atoms with E-state index in [-0.39, 0.29) is 6.04 Å². The topological polar surface area (TPSA) is 12.0 Å². The molecule has 0 amide bonds. The van der Waals surface area contributed by atoms with E-state index >= 15 is 0 Å². The lowest BCUT2D eigenvalue weighted by molar-refractivity contribution is 0.415. The summed E-state index contributed by atoms with van der Waals surface area (Å²) in [6, 6.07) is 4.63. The molecule has 18 heavy (non-hydrogen) atoms. The molecule has 0 bridgehead atoms. The third kappa shape index (κ3) is 3.23. The van der Waals surface area contributed by atoms with Crippen molar-refractivity contribution in [3.63, 3.8) is 0 Å². The molecule has 1 nitrogen and oxygen atoms in total. The normalized spacial score (nSPS) is 26.0. The summed E-state index contributed by atoms with van der Waals surface area (Å²) in [6.07, 6.45) is 2.37. The molecule has 1 saturated heterocycles. The Labute approximate surface area is 111 Å². The fraction of sp³-hybridized carbons (Fsp3) is 0.571. The Morgan fingerprint density at radius 3 is 2.78 bits per heavy atom. The fourth-order valence-corrected chi connectivity index (χ4v) is 3.49. The van der Waals surface area contributed by atoms with Crippen LogP contribution in [0.4, 0.5) is 8.78 Å². The average Bonchev–Trinajstić information content (AvgIpc) is 2.35. The molecule has 2 rings (SSSR count). The van der Waals surface area contributed by atoms with Gasteiger partial charge in [0.2, 0.25) is 0 Å². The number of nitrogens with one attached hydrogen (secondary N) is 1. The highest BCUT2D eigenvalue weighted by Crippen LogP contribution is 2.27. The summed E-state index contributed by atoms with van der Waals surface area (Å²) in [4.78, 5) is 0. The van der Waals surface area contributed by atoms with Gasteiger partial charge < -0.3 is 5.32 Å². The quantitative estimate of drug-likeness (QED) is 0.895. The van der Waals surface area contributed by atoms with Crippen molar-refractivity contribution in [1.82, 2.24) is 5.32 Å². The highest BCUT2D eigenvalue weighted by molar-refractivity contribution is 7.99. The number of thioether (sulfide) groups is 1. The van der Waals surface area contributed by atoms with Gasteiger partial charge in [0.25, 0.3) is 0 Å².